The van der Waals surface area contributed by atoms with E-state index in [0.29, 0.717) is 11.6 Å². The van der Waals surface area contributed by atoms with Gasteiger partial charge < -0.3 is 4.98 Å². The first kappa shape index (κ1) is 15.0. The van der Waals surface area contributed by atoms with Crippen molar-refractivity contribution in [1.82, 2.24) is 4.98 Å². The summed E-state index contributed by atoms with van der Waals surface area (Å²) in [5.74, 6) is 0. The number of fused-ring (bicyclic) bond motifs is 3. The molecule has 112 valence electrons. The molecule has 1 aromatic heterocycles. The smallest absolute Gasteiger partial charge is 0.131 e. The molecule has 0 aliphatic heterocycles. The quantitative estimate of drug-likeness (QED) is 0.734. The molecule has 0 saturated carbocycles. The number of hydrogen-bond acceptors (Lipinski definition) is 2. The summed E-state index contributed by atoms with van der Waals surface area (Å²) in [5, 5.41) is 1.48. The molecule has 0 saturated heterocycles. The minimum atomic E-state index is -1.57. The number of thiophene rings is 1. The largest absolute Gasteiger partial charge is 0.335 e. The second-order valence-corrected chi connectivity index (χ2v) is 12.5. The Morgan fingerprint density at radius 2 is 1.81 bits per heavy atom. The Labute approximate surface area is 133 Å². The van der Waals surface area contributed by atoms with Gasteiger partial charge in [-0.25, -0.2) is 0 Å². The summed E-state index contributed by atoms with van der Waals surface area (Å²) in [5.41, 5.74) is 5.32. The summed E-state index contributed by atoms with van der Waals surface area (Å²) in [6.45, 7) is 14.2. The standard InChI is InChI=1S/C18H25NSSi/c1-11(2)19-21(5,6)18-13(4)12(3)17-16(18)14-9-7-8-10-15(14)20-17/h7-11,18-19H,1-6H3. The van der Waals surface area contributed by atoms with E-state index in [2.05, 4.69) is 70.0 Å². The summed E-state index contributed by atoms with van der Waals surface area (Å²) >= 11 is 1.97. The van der Waals surface area contributed by atoms with Crippen molar-refractivity contribution in [3.05, 3.63) is 40.3 Å². The fourth-order valence-electron chi connectivity index (χ4n) is 3.97. The maximum Gasteiger partial charge on any atom is 0.131 e. The average molecular weight is 316 g/mol. The lowest BCUT2D eigenvalue weighted by Gasteiger charge is -2.34. The Morgan fingerprint density at radius 1 is 1.14 bits per heavy atom. The van der Waals surface area contributed by atoms with E-state index in [1.165, 1.54) is 20.5 Å². The molecule has 1 N–H and O–H groups in total. The summed E-state index contributed by atoms with van der Waals surface area (Å²) in [4.78, 5) is 5.45. The van der Waals surface area contributed by atoms with E-state index < -0.39 is 8.24 Å². The Kier molecular flexibility index (Phi) is 3.63. The van der Waals surface area contributed by atoms with Gasteiger partial charge in [0.15, 0.2) is 0 Å². The Bertz CT molecular complexity index is 724. The molecule has 1 aliphatic rings. The number of hydrogen-bond donors (Lipinski definition) is 1. The fourth-order valence-corrected chi connectivity index (χ4v) is 9.36. The van der Waals surface area contributed by atoms with Crippen molar-refractivity contribution in [3.8, 4) is 0 Å². The van der Waals surface area contributed by atoms with Crippen molar-refractivity contribution in [2.45, 2.75) is 52.4 Å². The number of nitrogens with one attached hydrogen (secondary N) is 1. The third-order valence-corrected chi connectivity index (χ3v) is 9.46. The highest BCUT2D eigenvalue weighted by Crippen LogP contribution is 2.52. The van der Waals surface area contributed by atoms with Crippen molar-refractivity contribution in [2.75, 3.05) is 0 Å². The van der Waals surface area contributed by atoms with Gasteiger partial charge in [0.1, 0.15) is 8.24 Å². The molecule has 1 atom stereocenters. The topological polar surface area (TPSA) is 12.0 Å². The van der Waals surface area contributed by atoms with Gasteiger partial charge in [0.25, 0.3) is 0 Å². The van der Waals surface area contributed by atoms with Crippen LogP contribution < -0.4 is 4.98 Å². The molecule has 0 amide bonds. The SMILES string of the molecule is CC1=C(C)C([Si](C)(C)NC(C)C)c2c1sc1ccccc21. The van der Waals surface area contributed by atoms with Gasteiger partial charge in [0, 0.05) is 15.1 Å². The molecule has 1 aliphatic carbocycles. The molecule has 1 unspecified atom stereocenters. The first-order valence-electron chi connectivity index (χ1n) is 7.79. The first-order chi connectivity index (χ1) is 9.83. The van der Waals surface area contributed by atoms with E-state index in [1.807, 2.05) is 11.3 Å². The number of benzene rings is 1. The normalized spacial score (nSPS) is 18.9. The van der Waals surface area contributed by atoms with Gasteiger partial charge in [-0.3, -0.25) is 0 Å². The van der Waals surface area contributed by atoms with Crippen LogP contribution >= 0.6 is 11.3 Å². The predicted molar refractivity (Wildman–Crippen MR) is 98.6 cm³/mol. The van der Waals surface area contributed by atoms with Crippen molar-refractivity contribution in [1.29, 1.82) is 0 Å². The maximum absolute atomic E-state index is 3.92. The van der Waals surface area contributed by atoms with Crippen LogP contribution in [0.5, 0.6) is 0 Å². The Balaban J connectivity index is 2.20. The zero-order valence-electron chi connectivity index (χ0n) is 13.9. The number of rotatable bonds is 3. The van der Waals surface area contributed by atoms with Crippen molar-refractivity contribution in [3.63, 3.8) is 0 Å². The molecule has 0 spiro atoms. The second kappa shape index (κ2) is 5.08. The van der Waals surface area contributed by atoms with Gasteiger partial charge in [0.2, 0.25) is 0 Å². The van der Waals surface area contributed by atoms with Gasteiger partial charge >= 0.3 is 0 Å². The molecule has 3 rings (SSSR count). The van der Waals surface area contributed by atoms with Crippen LogP contribution in [0.4, 0.5) is 0 Å². The van der Waals surface area contributed by atoms with Crippen LogP contribution in [0.3, 0.4) is 0 Å². The molecule has 0 bridgehead atoms. The van der Waals surface area contributed by atoms with Crippen LogP contribution in [0, 0.1) is 0 Å². The first-order valence-corrected chi connectivity index (χ1v) is 11.7. The molecule has 1 aromatic carbocycles. The molecule has 1 nitrogen and oxygen atoms in total. The average Bonchev–Trinajstić information content (AvgIpc) is 2.86. The summed E-state index contributed by atoms with van der Waals surface area (Å²) in [6.07, 6.45) is 0. The molecule has 0 radical (unpaired) electrons. The highest BCUT2D eigenvalue weighted by Gasteiger charge is 2.42. The predicted octanol–water partition coefficient (Wildman–Crippen LogP) is 5.53. The monoisotopic (exact) mass is 315 g/mol. The highest BCUT2D eigenvalue weighted by atomic mass is 32.1. The van der Waals surface area contributed by atoms with E-state index in [9.17, 15) is 0 Å². The summed E-state index contributed by atoms with van der Waals surface area (Å²) in [6, 6.07) is 9.46. The molecular formula is C18H25NSSi. The van der Waals surface area contributed by atoms with E-state index >= 15 is 0 Å². The zero-order chi connectivity index (χ0) is 15.4. The Hall–Kier alpha value is -0.903. The number of allylic oxidation sites excluding steroid dienone is 2. The van der Waals surface area contributed by atoms with Gasteiger partial charge in [-0.15, -0.1) is 11.3 Å². The summed E-state index contributed by atoms with van der Waals surface area (Å²) in [7, 11) is -1.57. The van der Waals surface area contributed by atoms with Crippen LogP contribution in [0.25, 0.3) is 15.7 Å². The van der Waals surface area contributed by atoms with Gasteiger partial charge in [-0.1, -0.05) is 50.7 Å². The van der Waals surface area contributed by atoms with E-state index in [0.717, 1.165) is 0 Å². The molecule has 2 aromatic rings. The van der Waals surface area contributed by atoms with E-state index in [1.54, 1.807) is 11.1 Å². The second-order valence-electron chi connectivity index (χ2n) is 7.10. The van der Waals surface area contributed by atoms with Gasteiger partial charge in [-0.05, 0) is 42.5 Å². The Morgan fingerprint density at radius 3 is 2.48 bits per heavy atom. The zero-order valence-corrected chi connectivity index (χ0v) is 15.7. The molecular weight excluding hydrogens is 290 g/mol. The highest BCUT2D eigenvalue weighted by molar-refractivity contribution is 7.20. The molecule has 0 fully saturated rings. The maximum atomic E-state index is 3.92. The van der Waals surface area contributed by atoms with Crippen LogP contribution in [0.2, 0.25) is 13.1 Å². The lowest BCUT2D eigenvalue weighted by molar-refractivity contribution is 0.720. The van der Waals surface area contributed by atoms with Crippen molar-refractivity contribution in [2.24, 2.45) is 0 Å². The van der Waals surface area contributed by atoms with Crippen molar-refractivity contribution >= 4 is 35.2 Å². The van der Waals surface area contributed by atoms with Crippen LogP contribution in [-0.4, -0.2) is 14.3 Å². The summed E-state index contributed by atoms with van der Waals surface area (Å²) < 4.78 is 1.44. The van der Waals surface area contributed by atoms with Gasteiger partial charge in [0.05, 0.1) is 0 Å². The minimum absolute atomic E-state index is 0.550. The molecule has 3 heteroatoms. The molecule has 1 heterocycles. The lowest BCUT2D eigenvalue weighted by atomic mass is 10.1. The molecule has 21 heavy (non-hydrogen) atoms. The van der Waals surface area contributed by atoms with Crippen LogP contribution in [0.1, 0.15) is 43.7 Å². The van der Waals surface area contributed by atoms with E-state index in [4.69, 9.17) is 0 Å². The van der Waals surface area contributed by atoms with Crippen LogP contribution in [-0.2, 0) is 0 Å². The van der Waals surface area contributed by atoms with Gasteiger partial charge in [-0.2, -0.15) is 0 Å². The third kappa shape index (κ3) is 2.32. The lowest BCUT2D eigenvalue weighted by Crippen LogP contribution is -2.53. The van der Waals surface area contributed by atoms with Crippen LogP contribution in [0.15, 0.2) is 29.8 Å². The third-order valence-electron chi connectivity index (χ3n) is 4.67. The van der Waals surface area contributed by atoms with Crippen molar-refractivity contribution < 1.29 is 0 Å². The minimum Gasteiger partial charge on any atom is -0.335 e. The fraction of sp³-hybridized carbons (Fsp3) is 0.444. The van der Waals surface area contributed by atoms with E-state index in [-0.39, 0.29) is 0 Å².